The molecule has 0 atom stereocenters. The molecule has 0 spiro atoms. The van der Waals surface area contributed by atoms with Gasteiger partial charge in [0.05, 0.1) is 11.1 Å². The van der Waals surface area contributed by atoms with Crippen LogP contribution in [0.3, 0.4) is 0 Å². The molecule has 8 rings (SSSR count). The molecule has 0 amide bonds. The van der Waals surface area contributed by atoms with E-state index in [1.54, 1.807) is 0 Å². The maximum atomic E-state index is 10.5. The van der Waals surface area contributed by atoms with Crippen molar-refractivity contribution in [2.75, 3.05) is 0 Å². The normalized spacial score (nSPS) is 12.0. The van der Waals surface area contributed by atoms with Gasteiger partial charge in [0.2, 0.25) is 0 Å². The van der Waals surface area contributed by atoms with Crippen molar-refractivity contribution < 1.29 is 0 Å². The number of rotatable bonds is 3. The predicted octanol–water partition coefficient (Wildman–Crippen LogP) is 13.6. The molecule has 8 aromatic carbocycles. The van der Waals surface area contributed by atoms with Gasteiger partial charge in [0.1, 0.15) is 12.1 Å². The van der Waals surface area contributed by atoms with Crippen LogP contribution in [0.4, 0.5) is 0 Å². The zero-order valence-corrected chi connectivity index (χ0v) is 30.6. The maximum Gasteiger partial charge on any atom is 0.100 e. The second-order valence-electron chi connectivity index (χ2n) is 15.9. The van der Waals surface area contributed by atoms with Crippen LogP contribution in [0.5, 0.6) is 0 Å². The van der Waals surface area contributed by atoms with Crippen LogP contribution in [-0.2, 0) is 10.8 Å². The standard InChI is InChI=1S/C50H40N2/c1-49(2,3)31-23-25-37(43(27-31)47-39-19-11-7-15-33(39)45(29-51)34-16-8-12-20-40(34)47)38-26-24-32(50(4,5)6)28-44(38)48-41-21-13-9-17-35(41)46(30-52)36-18-10-14-22-42(36)48/h7-28H,1-6H3. The lowest BCUT2D eigenvalue weighted by Gasteiger charge is -2.26. The number of benzene rings is 8. The number of nitrogens with zero attached hydrogens (tertiary/aromatic N) is 2. The van der Waals surface area contributed by atoms with Gasteiger partial charge < -0.3 is 0 Å². The van der Waals surface area contributed by atoms with E-state index in [0.717, 1.165) is 76.5 Å². The van der Waals surface area contributed by atoms with Gasteiger partial charge in [-0.15, -0.1) is 0 Å². The molecule has 2 heteroatoms. The molecule has 0 N–H and O–H groups in total. The Kier molecular flexibility index (Phi) is 7.75. The van der Waals surface area contributed by atoms with E-state index >= 15 is 0 Å². The monoisotopic (exact) mass is 668 g/mol. The van der Waals surface area contributed by atoms with Gasteiger partial charge in [-0.1, -0.05) is 163 Å². The smallest absolute Gasteiger partial charge is 0.100 e. The predicted molar refractivity (Wildman–Crippen MR) is 220 cm³/mol. The van der Waals surface area contributed by atoms with Crippen molar-refractivity contribution >= 4 is 43.1 Å². The van der Waals surface area contributed by atoms with E-state index in [2.05, 4.69) is 163 Å². The molecule has 0 aliphatic rings. The van der Waals surface area contributed by atoms with Crippen LogP contribution in [-0.4, -0.2) is 0 Å². The van der Waals surface area contributed by atoms with E-state index in [4.69, 9.17) is 0 Å². The minimum atomic E-state index is -0.0933. The molecule has 0 unspecified atom stereocenters. The number of hydrogen-bond acceptors (Lipinski definition) is 2. The summed E-state index contributed by atoms with van der Waals surface area (Å²) in [5, 5.41) is 29.0. The Labute approximate surface area is 306 Å². The number of hydrogen-bond donors (Lipinski definition) is 0. The minimum Gasteiger partial charge on any atom is -0.192 e. The Morgan fingerprint density at radius 2 is 0.615 bits per heavy atom. The number of nitriles is 2. The average Bonchev–Trinajstić information content (AvgIpc) is 3.14. The topological polar surface area (TPSA) is 47.6 Å². The van der Waals surface area contributed by atoms with E-state index in [1.165, 1.54) is 11.1 Å². The van der Waals surface area contributed by atoms with Crippen molar-refractivity contribution in [2.45, 2.75) is 52.4 Å². The molecule has 0 aromatic heterocycles. The van der Waals surface area contributed by atoms with Crippen molar-refractivity contribution in [3.8, 4) is 45.5 Å². The Hall–Kier alpha value is -6.22. The summed E-state index contributed by atoms with van der Waals surface area (Å²) in [5.41, 5.74) is 10.5. The summed E-state index contributed by atoms with van der Waals surface area (Å²) in [4.78, 5) is 0. The van der Waals surface area contributed by atoms with E-state index in [9.17, 15) is 10.5 Å². The van der Waals surface area contributed by atoms with Gasteiger partial charge in [0.15, 0.2) is 0 Å². The van der Waals surface area contributed by atoms with Crippen molar-refractivity contribution in [1.82, 2.24) is 0 Å². The van der Waals surface area contributed by atoms with Crippen LogP contribution in [0.1, 0.15) is 63.8 Å². The molecule has 0 bridgehead atoms. The quantitative estimate of drug-likeness (QED) is 0.176. The fraction of sp³-hybridized carbons (Fsp3) is 0.160. The third kappa shape index (κ3) is 5.23. The first-order chi connectivity index (χ1) is 25.0. The number of fused-ring (bicyclic) bond motifs is 4. The van der Waals surface area contributed by atoms with Crippen LogP contribution in [0.15, 0.2) is 133 Å². The lowest BCUT2D eigenvalue weighted by Crippen LogP contribution is -2.12. The first-order valence-corrected chi connectivity index (χ1v) is 18.0. The zero-order valence-electron chi connectivity index (χ0n) is 30.6. The first kappa shape index (κ1) is 33.0. The Balaban J connectivity index is 1.58. The van der Waals surface area contributed by atoms with Gasteiger partial charge in [-0.2, -0.15) is 10.5 Å². The van der Waals surface area contributed by atoms with E-state index in [-0.39, 0.29) is 10.8 Å². The third-order valence-corrected chi connectivity index (χ3v) is 10.7. The van der Waals surface area contributed by atoms with Gasteiger partial charge in [0.25, 0.3) is 0 Å². The van der Waals surface area contributed by atoms with E-state index in [1.807, 2.05) is 24.3 Å². The molecule has 0 radical (unpaired) electrons. The fourth-order valence-electron chi connectivity index (χ4n) is 7.98. The Morgan fingerprint density at radius 3 is 0.865 bits per heavy atom. The van der Waals surface area contributed by atoms with E-state index < -0.39 is 0 Å². The molecule has 8 aromatic rings. The van der Waals surface area contributed by atoms with Crippen molar-refractivity contribution in [3.63, 3.8) is 0 Å². The van der Waals surface area contributed by atoms with Gasteiger partial charge >= 0.3 is 0 Å². The first-order valence-electron chi connectivity index (χ1n) is 18.0. The molecule has 52 heavy (non-hydrogen) atoms. The Morgan fingerprint density at radius 1 is 0.346 bits per heavy atom. The van der Waals surface area contributed by atoms with E-state index in [0.29, 0.717) is 11.1 Å². The summed E-state index contributed by atoms with van der Waals surface area (Å²) in [6.45, 7) is 13.6. The minimum absolute atomic E-state index is 0.0933. The van der Waals surface area contributed by atoms with Gasteiger partial charge in [-0.05, 0) is 89.0 Å². The highest BCUT2D eigenvalue weighted by molar-refractivity contribution is 6.20. The second kappa shape index (κ2) is 12.2. The molecule has 250 valence electrons. The molecular weight excluding hydrogens is 629 g/mol. The largest absolute Gasteiger partial charge is 0.192 e. The highest BCUT2D eigenvalue weighted by atomic mass is 14.3. The summed E-state index contributed by atoms with van der Waals surface area (Å²) in [7, 11) is 0. The summed E-state index contributed by atoms with van der Waals surface area (Å²) >= 11 is 0. The van der Waals surface area contributed by atoms with Crippen LogP contribution >= 0.6 is 0 Å². The maximum absolute atomic E-state index is 10.5. The molecule has 0 saturated carbocycles. The molecule has 0 aliphatic carbocycles. The van der Waals surface area contributed by atoms with Crippen molar-refractivity contribution in [3.05, 3.63) is 156 Å². The molecule has 2 nitrogen and oxygen atoms in total. The van der Waals surface area contributed by atoms with Crippen molar-refractivity contribution in [1.29, 1.82) is 10.5 Å². The lowest BCUT2D eigenvalue weighted by atomic mass is 9.77. The SMILES string of the molecule is CC(C)(C)c1ccc(-c2ccc(C(C)(C)C)cc2-c2c3ccccc3c(C#N)c3ccccc23)c(-c2c3ccccc3c(C#N)c3ccccc23)c1. The fourth-order valence-corrected chi connectivity index (χ4v) is 7.98. The van der Waals surface area contributed by atoms with Crippen LogP contribution in [0.25, 0.3) is 76.5 Å². The van der Waals surface area contributed by atoms with Crippen LogP contribution in [0.2, 0.25) is 0 Å². The molecule has 0 fully saturated rings. The molecule has 0 aliphatic heterocycles. The van der Waals surface area contributed by atoms with Gasteiger partial charge in [-0.25, -0.2) is 0 Å². The Bertz CT molecular complexity index is 2520. The zero-order chi connectivity index (χ0) is 36.4. The summed E-state index contributed by atoms with van der Waals surface area (Å²) in [6.07, 6.45) is 0. The average molecular weight is 669 g/mol. The van der Waals surface area contributed by atoms with Crippen LogP contribution in [0, 0.1) is 22.7 Å². The van der Waals surface area contributed by atoms with Crippen molar-refractivity contribution in [2.24, 2.45) is 0 Å². The third-order valence-electron chi connectivity index (χ3n) is 10.7. The molecule has 0 saturated heterocycles. The van der Waals surface area contributed by atoms with Gasteiger partial charge in [0, 0.05) is 21.5 Å². The summed E-state index contributed by atoms with van der Waals surface area (Å²) in [6, 6.07) is 52.4. The highest BCUT2D eigenvalue weighted by Crippen LogP contribution is 2.49. The lowest BCUT2D eigenvalue weighted by molar-refractivity contribution is 0.590. The second-order valence-corrected chi connectivity index (χ2v) is 15.9. The highest BCUT2D eigenvalue weighted by Gasteiger charge is 2.26. The van der Waals surface area contributed by atoms with Crippen LogP contribution < -0.4 is 0 Å². The molecular formula is C50H40N2. The molecule has 0 heterocycles. The summed E-state index contributed by atoms with van der Waals surface area (Å²) in [5.74, 6) is 0. The van der Waals surface area contributed by atoms with Gasteiger partial charge in [-0.3, -0.25) is 0 Å². The summed E-state index contributed by atoms with van der Waals surface area (Å²) < 4.78 is 0.